The van der Waals surface area contributed by atoms with Crippen molar-refractivity contribution >= 4 is 5.91 Å². The van der Waals surface area contributed by atoms with Crippen LogP contribution in [-0.2, 0) is 11.2 Å². The summed E-state index contributed by atoms with van der Waals surface area (Å²) < 4.78 is 4.98. The molecule has 5 nitrogen and oxygen atoms in total. The second-order valence-corrected chi connectivity index (χ2v) is 5.72. The van der Waals surface area contributed by atoms with E-state index in [2.05, 4.69) is 15.0 Å². The van der Waals surface area contributed by atoms with E-state index in [1.807, 2.05) is 0 Å². The first-order valence-electron chi connectivity index (χ1n) is 7.33. The highest BCUT2D eigenvalue weighted by Crippen LogP contribution is 2.32. The van der Waals surface area contributed by atoms with E-state index in [-0.39, 0.29) is 0 Å². The van der Waals surface area contributed by atoms with Crippen molar-refractivity contribution in [2.45, 2.75) is 57.9 Å². The van der Waals surface area contributed by atoms with Gasteiger partial charge in [-0.1, -0.05) is 11.6 Å². The van der Waals surface area contributed by atoms with Gasteiger partial charge in [-0.25, -0.2) is 0 Å². The lowest BCUT2D eigenvalue weighted by Crippen LogP contribution is -2.41. The summed E-state index contributed by atoms with van der Waals surface area (Å²) in [5, 5.41) is 3.92. The van der Waals surface area contributed by atoms with Crippen molar-refractivity contribution in [3.8, 4) is 0 Å². The maximum atomic E-state index is 12.3. The molecule has 104 valence electrons. The Balaban J connectivity index is 1.55. The van der Waals surface area contributed by atoms with Gasteiger partial charge in [0.1, 0.15) is 0 Å². The van der Waals surface area contributed by atoms with Crippen molar-refractivity contribution < 1.29 is 9.32 Å². The van der Waals surface area contributed by atoms with E-state index in [1.54, 1.807) is 6.92 Å². The number of nitrogens with zero attached hydrogens (tertiary/aromatic N) is 3. The number of carbonyl (C=O) groups is 1. The molecular weight excluding hydrogens is 242 g/mol. The van der Waals surface area contributed by atoms with Gasteiger partial charge in [-0.15, -0.1) is 0 Å². The van der Waals surface area contributed by atoms with Crippen LogP contribution < -0.4 is 0 Å². The Labute approximate surface area is 113 Å². The van der Waals surface area contributed by atoms with Crippen LogP contribution in [0.1, 0.15) is 50.2 Å². The maximum Gasteiger partial charge on any atom is 0.225 e. The molecule has 1 atom stereocenters. The molecule has 2 heterocycles. The highest BCUT2D eigenvalue weighted by Gasteiger charge is 2.35. The van der Waals surface area contributed by atoms with Crippen LogP contribution in [0.3, 0.4) is 0 Å². The van der Waals surface area contributed by atoms with Crippen molar-refractivity contribution in [2.75, 3.05) is 6.54 Å². The fraction of sp³-hybridized carbons (Fsp3) is 0.786. The number of hydrogen-bond acceptors (Lipinski definition) is 4. The van der Waals surface area contributed by atoms with E-state index < -0.39 is 0 Å². The zero-order valence-corrected chi connectivity index (χ0v) is 11.5. The molecular formula is C14H21N3O2. The van der Waals surface area contributed by atoms with Crippen molar-refractivity contribution in [3.05, 3.63) is 11.7 Å². The van der Waals surface area contributed by atoms with Gasteiger partial charge >= 0.3 is 0 Å². The predicted molar refractivity (Wildman–Crippen MR) is 69.4 cm³/mol. The summed E-state index contributed by atoms with van der Waals surface area (Å²) >= 11 is 0. The summed E-state index contributed by atoms with van der Waals surface area (Å²) in [5.41, 5.74) is 0. The lowest BCUT2D eigenvalue weighted by molar-refractivity contribution is -0.139. The lowest BCUT2D eigenvalue weighted by Gasteiger charge is -2.32. The molecule has 1 saturated carbocycles. The molecule has 0 aromatic carbocycles. The van der Waals surface area contributed by atoms with Crippen molar-refractivity contribution in [1.82, 2.24) is 15.0 Å². The van der Waals surface area contributed by atoms with Gasteiger partial charge in [0.2, 0.25) is 11.8 Å². The summed E-state index contributed by atoms with van der Waals surface area (Å²) in [5.74, 6) is 2.08. The number of amides is 1. The summed E-state index contributed by atoms with van der Waals surface area (Å²) in [4.78, 5) is 18.7. The number of hydrogen-bond donors (Lipinski definition) is 0. The third kappa shape index (κ3) is 2.65. The Kier molecular flexibility index (Phi) is 3.53. The molecule has 0 N–H and O–H groups in total. The van der Waals surface area contributed by atoms with Gasteiger partial charge in [-0.2, -0.15) is 4.98 Å². The molecule has 1 amide bonds. The maximum absolute atomic E-state index is 12.3. The molecule has 1 aromatic heterocycles. The Hall–Kier alpha value is -1.39. The molecule has 1 saturated heterocycles. The molecule has 19 heavy (non-hydrogen) atoms. The van der Waals surface area contributed by atoms with Crippen LogP contribution in [0.5, 0.6) is 0 Å². The third-order valence-electron chi connectivity index (χ3n) is 4.39. The van der Waals surface area contributed by atoms with Gasteiger partial charge in [0, 0.05) is 31.8 Å². The molecule has 5 heteroatoms. The lowest BCUT2D eigenvalue weighted by atomic mass is 9.84. The fourth-order valence-corrected chi connectivity index (χ4v) is 3.05. The molecule has 3 rings (SSSR count). The highest BCUT2D eigenvalue weighted by atomic mass is 16.5. The molecule has 0 bridgehead atoms. The monoisotopic (exact) mass is 263 g/mol. The van der Waals surface area contributed by atoms with Gasteiger partial charge in [0.25, 0.3) is 0 Å². The number of likely N-dealkylation sites (tertiary alicyclic amines) is 1. The summed E-state index contributed by atoms with van der Waals surface area (Å²) in [6, 6.07) is 0.381. The van der Waals surface area contributed by atoms with Crippen LogP contribution in [-0.4, -0.2) is 33.5 Å². The largest absolute Gasteiger partial charge is 0.340 e. The quantitative estimate of drug-likeness (QED) is 0.834. The fourth-order valence-electron chi connectivity index (χ4n) is 3.05. The normalized spacial score (nSPS) is 23.6. The molecule has 1 unspecified atom stereocenters. The van der Waals surface area contributed by atoms with Crippen molar-refractivity contribution in [2.24, 2.45) is 5.92 Å². The minimum Gasteiger partial charge on any atom is -0.340 e. The number of aromatic nitrogens is 2. The Morgan fingerprint density at radius 1 is 1.37 bits per heavy atom. The van der Waals surface area contributed by atoms with E-state index >= 15 is 0 Å². The van der Waals surface area contributed by atoms with E-state index in [0.29, 0.717) is 23.8 Å². The first kappa shape index (κ1) is 12.6. The summed E-state index contributed by atoms with van der Waals surface area (Å²) in [6.45, 7) is 2.74. The number of rotatable bonds is 4. The molecule has 2 aliphatic rings. The smallest absolute Gasteiger partial charge is 0.225 e. The van der Waals surface area contributed by atoms with Crippen LogP contribution in [0.2, 0.25) is 0 Å². The van der Waals surface area contributed by atoms with Gasteiger partial charge in [-0.3, -0.25) is 4.79 Å². The predicted octanol–water partition coefficient (Wildman–Crippen LogP) is 2.10. The standard InChI is InChI=1S/C14H21N3O2/c1-10-15-13(16-19-10)8-7-12-6-3-9-17(12)14(18)11-4-2-5-11/h11-12H,2-9H2,1H3. The summed E-state index contributed by atoms with van der Waals surface area (Å²) in [6.07, 6.45) is 7.41. The van der Waals surface area contributed by atoms with Crippen molar-refractivity contribution in [1.29, 1.82) is 0 Å². The molecule has 1 aliphatic carbocycles. The SMILES string of the molecule is Cc1nc(CCC2CCCN2C(=O)C2CCC2)no1. The van der Waals surface area contributed by atoms with Gasteiger partial charge < -0.3 is 9.42 Å². The third-order valence-corrected chi connectivity index (χ3v) is 4.39. The average molecular weight is 263 g/mol. The molecule has 0 radical (unpaired) electrons. The van der Waals surface area contributed by atoms with Crippen molar-refractivity contribution in [3.63, 3.8) is 0 Å². The minimum atomic E-state index is 0.313. The topological polar surface area (TPSA) is 59.2 Å². The highest BCUT2D eigenvalue weighted by molar-refractivity contribution is 5.80. The van der Waals surface area contributed by atoms with E-state index in [4.69, 9.17) is 4.52 Å². The van der Waals surface area contributed by atoms with Gasteiger partial charge in [0.05, 0.1) is 0 Å². The summed E-state index contributed by atoms with van der Waals surface area (Å²) in [7, 11) is 0. The van der Waals surface area contributed by atoms with E-state index in [9.17, 15) is 4.79 Å². The van der Waals surface area contributed by atoms with Crippen LogP contribution in [0, 0.1) is 12.8 Å². The van der Waals surface area contributed by atoms with Gasteiger partial charge in [0.15, 0.2) is 5.82 Å². The first-order valence-corrected chi connectivity index (χ1v) is 7.33. The Bertz CT molecular complexity index is 453. The minimum absolute atomic E-state index is 0.313. The van der Waals surface area contributed by atoms with Crippen LogP contribution in [0.25, 0.3) is 0 Å². The zero-order chi connectivity index (χ0) is 13.2. The van der Waals surface area contributed by atoms with Crippen LogP contribution in [0.15, 0.2) is 4.52 Å². The zero-order valence-electron chi connectivity index (χ0n) is 11.5. The molecule has 1 aromatic rings. The molecule has 1 aliphatic heterocycles. The van der Waals surface area contributed by atoms with E-state index in [0.717, 1.165) is 50.9 Å². The average Bonchev–Trinajstić information content (AvgIpc) is 2.92. The molecule has 0 spiro atoms. The second-order valence-electron chi connectivity index (χ2n) is 5.72. The molecule has 2 fully saturated rings. The number of aryl methyl sites for hydroxylation is 2. The van der Waals surface area contributed by atoms with E-state index in [1.165, 1.54) is 6.42 Å². The van der Waals surface area contributed by atoms with Crippen LogP contribution in [0.4, 0.5) is 0 Å². The second kappa shape index (κ2) is 5.31. The Morgan fingerprint density at radius 2 is 2.21 bits per heavy atom. The van der Waals surface area contributed by atoms with Gasteiger partial charge in [-0.05, 0) is 32.1 Å². The Morgan fingerprint density at radius 3 is 2.84 bits per heavy atom. The van der Waals surface area contributed by atoms with Crippen LogP contribution >= 0.6 is 0 Å². The number of carbonyl (C=O) groups excluding carboxylic acids is 1. The first-order chi connectivity index (χ1) is 9.24.